The molecule has 4 aliphatic rings. The molecule has 1 N–H and O–H groups in total. The van der Waals surface area contributed by atoms with Crippen LogP contribution in [-0.4, -0.2) is 61.2 Å². The van der Waals surface area contributed by atoms with Gasteiger partial charge in [0.1, 0.15) is 5.25 Å². The Hall–Kier alpha value is -3.08. The van der Waals surface area contributed by atoms with E-state index in [2.05, 4.69) is 15.2 Å². The van der Waals surface area contributed by atoms with E-state index in [1.54, 1.807) is 18.5 Å². The average molecular weight is 553 g/mol. The fourth-order valence-corrected chi connectivity index (χ4v) is 9.57. The van der Waals surface area contributed by atoms with Crippen LogP contribution in [0.15, 0.2) is 60.9 Å². The van der Waals surface area contributed by atoms with Gasteiger partial charge < -0.3 is 10.2 Å². The molecule has 8 nitrogen and oxygen atoms in total. The first-order chi connectivity index (χ1) is 17.7. The van der Waals surface area contributed by atoms with Gasteiger partial charge in [-0.2, -0.15) is 0 Å². The van der Waals surface area contributed by atoms with Crippen molar-refractivity contribution in [1.29, 1.82) is 0 Å². The van der Waals surface area contributed by atoms with Crippen LogP contribution >= 0.6 is 23.4 Å². The number of amides is 3. The van der Waals surface area contributed by atoms with Crippen molar-refractivity contribution >= 4 is 72.2 Å². The fourth-order valence-electron chi connectivity index (χ4n) is 5.83. The van der Waals surface area contributed by atoms with Gasteiger partial charge >= 0.3 is 6.03 Å². The first-order valence-corrected chi connectivity index (χ1v) is 14.9. The Labute approximate surface area is 222 Å². The molecule has 3 fully saturated rings. The average Bonchev–Trinajstić information content (AvgIpc) is 3.25. The topological polar surface area (TPSA) is 99.7 Å². The van der Waals surface area contributed by atoms with Crippen LogP contribution in [0.1, 0.15) is 5.56 Å². The molecular formula is C26H21ClN4O4S2. The van der Waals surface area contributed by atoms with E-state index in [1.807, 2.05) is 42.5 Å². The zero-order valence-corrected chi connectivity index (χ0v) is 21.8. The van der Waals surface area contributed by atoms with Gasteiger partial charge in [0.25, 0.3) is 5.91 Å². The number of rotatable bonds is 3. The van der Waals surface area contributed by atoms with Crippen molar-refractivity contribution in [1.82, 2.24) is 10.3 Å². The molecule has 0 saturated carbocycles. The zero-order valence-electron chi connectivity index (χ0n) is 19.4. The summed E-state index contributed by atoms with van der Waals surface area (Å²) in [6.07, 6.45) is 5.14. The van der Waals surface area contributed by atoms with E-state index in [0.29, 0.717) is 23.8 Å². The summed E-state index contributed by atoms with van der Waals surface area (Å²) in [5, 5.41) is 4.58. The Morgan fingerprint density at radius 1 is 1.08 bits per heavy atom. The lowest BCUT2D eigenvalue weighted by atomic mass is 9.82. The number of halogens is 1. The van der Waals surface area contributed by atoms with Gasteiger partial charge in [-0.1, -0.05) is 35.9 Å². The van der Waals surface area contributed by atoms with Gasteiger partial charge in [0.2, 0.25) is 0 Å². The molecule has 1 aromatic heterocycles. The molecule has 0 aliphatic carbocycles. The molecule has 4 aliphatic heterocycles. The number of nitrogens with zero attached hydrogens (tertiary/aromatic N) is 3. The van der Waals surface area contributed by atoms with Crippen molar-refractivity contribution in [2.45, 2.75) is 11.3 Å². The number of pyridine rings is 1. The largest absolute Gasteiger partial charge is 0.370 e. The third-order valence-electron chi connectivity index (χ3n) is 7.44. The zero-order chi connectivity index (χ0) is 25.5. The highest BCUT2D eigenvalue weighted by atomic mass is 35.5. The van der Waals surface area contributed by atoms with Gasteiger partial charge in [-0.3, -0.25) is 9.78 Å². The Balaban J connectivity index is 1.18. The molecule has 2 unspecified atom stereocenters. The van der Waals surface area contributed by atoms with Crippen LogP contribution in [0.5, 0.6) is 0 Å². The van der Waals surface area contributed by atoms with E-state index in [4.69, 9.17) is 11.6 Å². The Morgan fingerprint density at radius 2 is 1.86 bits per heavy atom. The predicted octanol–water partition coefficient (Wildman–Crippen LogP) is 3.70. The number of fused-ring (bicyclic) bond motifs is 2. The lowest BCUT2D eigenvalue weighted by Crippen LogP contribution is -2.68. The summed E-state index contributed by atoms with van der Waals surface area (Å²) in [5.41, 5.74) is 2.04. The summed E-state index contributed by atoms with van der Waals surface area (Å²) >= 11 is 7.78. The van der Waals surface area contributed by atoms with E-state index in [9.17, 15) is 18.0 Å². The lowest BCUT2D eigenvalue weighted by molar-refractivity contribution is -0.118. The third-order valence-corrected chi connectivity index (χ3v) is 11.2. The molecule has 3 amide bonds. The minimum absolute atomic E-state index is 0.140. The molecule has 11 heteroatoms. The minimum atomic E-state index is -2.89. The normalized spacial score (nSPS) is 25.4. The molecule has 3 aromatic rings. The number of anilines is 2. The summed E-state index contributed by atoms with van der Waals surface area (Å²) < 4.78 is 23.4. The highest BCUT2D eigenvalue weighted by molar-refractivity contribution is 8.09. The molecule has 1 spiro atoms. The van der Waals surface area contributed by atoms with E-state index < -0.39 is 27.2 Å². The molecule has 2 aromatic carbocycles. The second kappa shape index (κ2) is 7.96. The van der Waals surface area contributed by atoms with Crippen molar-refractivity contribution in [3.63, 3.8) is 0 Å². The van der Waals surface area contributed by atoms with Crippen molar-refractivity contribution in [3.8, 4) is 0 Å². The minimum Gasteiger partial charge on any atom is -0.370 e. The van der Waals surface area contributed by atoms with Crippen LogP contribution in [0, 0.1) is 5.41 Å². The Morgan fingerprint density at radius 3 is 2.62 bits per heavy atom. The molecule has 3 saturated heterocycles. The maximum absolute atomic E-state index is 13.7. The molecule has 0 radical (unpaired) electrons. The van der Waals surface area contributed by atoms with Gasteiger partial charge in [0.15, 0.2) is 9.84 Å². The first kappa shape index (κ1) is 23.1. The number of sulfone groups is 1. The van der Waals surface area contributed by atoms with Gasteiger partial charge in [0, 0.05) is 56.7 Å². The highest BCUT2D eigenvalue weighted by Gasteiger charge is 2.56. The summed E-state index contributed by atoms with van der Waals surface area (Å²) in [5.74, 6) is 0.178. The number of carbonyl (C=O) groups excluding carboxylic acids is 2. The van der Waals surface area contributed by atoms with Crippen LogP contribution in [0.2, 0.25) is 5.02 Å². The summed E-state index contributed by atoms with van der Waals surface area (Å²) in [6, 6.07) is 12.4. The van der Waals surface area contributed by atoms with Crippen LogP contribution in [0.25, 0.3) is 15.7 Å². The Bertz CT molecular complexity index is 1640. The third kappa shape index (κ3) is 3.65. The second-order valence-electron chi connectivity index (χ2n) is 10.2. The summed E-state index contributed by atoms with van der Waals surface area (Å²) in [4.78, 5) is 35.4. The number of nitrogens with one attached hydrogen (secondary N) is 1. The molecule has 5 heterocycles. The maximum Gasteiger partial charge on any atom is 0.329 e. The first-order valence-electron chi connectivity index (χ1n) is 11.8. The Kier molecular flexibility index (Phi) is 4.96. The van der Waals surface area contributed by atoms with Crippen LogP contribution in [-0.2, 0) is 14.6 Å². The maximum atomic E-state index is 13.7. The van der Waals surface area contributed by atoms with E-state index in [0.717, 1.165) is 26.9 Å². The number of imide groups is 1. The number of aromatic nitrogens is 1. The number of hydrogen-bond donors (Lipinski definition) is 1. The van der Waals surface area contributed by atoms with Crippen LogP contribution < -0.4 is 15.1 Å². The lowest BCUT2D eigenvalue weighted by Gasteiger charge is -2.55. The summed E-state index contributed by atoms with van der Waals surface area (Å²) in [7, 11) is -2.89. The standard InChI is InChI=1S/C26H21ClN4O4S2/c27-19-4-2-1-3-17(19)22-8-20-23(36-22)24(32)31(25(33)29-20)21-10-28-9-15-5-6-16(7-18(15)21)30-11-26(12-30)13-37(34,35)14-26/h1-10,20,23H,11-14H2,(H,29,33). The van der Waals surface area contributed by atoms with Crippen molar-refractivity contribution in [3.05, 3.63) is 71.5 Å². The van der Waals surface area contributed by atoms with Crippen LogP contribution in [0.4, 0.5) is 16.2 Å². The van der Waals surface area contributed by atoms with Crippen molar-refractivity contribution in [2.24, 2.45) is 5.41 Å². The number of carbonyl (C=O) groups is 2. The smallest absolute Gasteiger partial charge is 0.329 e. The number of thioether (sulfide) groups is 1. The second-order valence-corrected chi connectivity index (χ2v) is 13.8. The number of urea groups is 1. The van der Waals surface area contributed by atoms with Crippen LogP contribution in [0.3, 0.4) is 0 Å². The quantitative estimate of drug-likeness (QED) is 0.529. The predicted molar refractivity (Wildman–Crippen MR) is 146 cm³/mol. The van der Waals surface area contributed by atoms with E-state index in [-0.39, 0.29) is 22.8 Å². The van der Waals surface area contributed by atoms with Gasteiger partial charge in [-0.15, -0.1) is 11.8 Å². The SMILES string of the molecule is O=C1NC2C=C(c3ccccc3Cl)SC2C(=O)N1c1cncc2ccc(N3CC4(C3)CS(=O)(=O)C4)cc12. The fraction of sp³-hybridized carbons (Fsp3) is 0.269. The van der Waals surface area contributed by atoms with Crippen molar-refractivity contribution in [2.75, 3.05) is 34.4 Å². The van der Waals surface area contributed by atoms with Gasteiger partial charge in [-0.25, -0.2) is 18.1 Å². The molecule has 7 rings (SSSR count). The van der Waals surface area contributed by atoms with E-state index >= 15 is 0 Å². The van der Waals surface area contributed by atoms with Crippen molar-refractivity contribution < 1.29 is 18.0 Å². The number of hydrogen-bond acceptors (Lipinski definition) is 7. The molecule has 0 bridgehead atoms. The molecular weight excluding hydrogens is 532 g/mol. The molecule has 188 valence electrons. The van der Waals surface area contributed by atoms with Gasteiger partial charge in [-0.05, 0) is 24.3 Å². The molecule has 2 atom stereocenters. The van der Waals surface area contributed by atoms with E-state index in [1.165, 1.54) is 16.7 Å². The number of benzene rings is 2. The summed E-state index contributed by atoms with van der Waals surface area (Å²) in [6.45, 7) is 1.36. The van der Waals surface area contributed by atoms with Gasteiger partial charge in [0.05, 0.1) is 29.4 Å². The highest BCUT2D eigenvalue weighted by Crippen LogP contribution is 2.46. The molecule has 37 heavy (non-hydrogen) atoms. The monoisotopic (exact) mass is 552 g/mol.